The molecule has 96 valence electrons. The van der Waals surface area contributed by atoms with Gasteiger partial charge in [0.2, 0.25) is 0 Å². The maximum Gasteiger partial charge on any atom is 0.169 e. The number of nitrogens with two attached hydrogens (primary N) is 1. The molecule has 0 spiro atoms. The number of ether oxygens (including phenoxy) is 1. The molecule has 3 N–H and O–H groups in total. The molecule has 0 bridgehead atoms. The Kier molecular flexibility index (Phi) is 4.48. The molecule has 0 radical (unpaired) electrons. The average molecular weight is 240 g/mol. The number of methoxy groups -OCH3 is 1. The number of halogens is 1. The van der Waals surface area contributed by atoms with Gasteiger partial charge >= 0.3 is 0 Å². The molecule has 0 aromatic heterocycles. The fourth-order valence-electron chi connectivity index (χ4n) is 1.83. The van der Waals surface area contributed by atoms with Crippen molar-refractivity contribution in [2.24, 2.45) is 11.3 Å². The molecule has 1 rings (SSSR count). The van der Waals surface area contributed by atoms with Gasteiger partial charge in [0.25, 0.3) is 0 Å². The molecule has 0 fully saturated rings. The van der Waals surface area contributed by atoms with Gasteiger partial charge in [-0.15, -0.1) is 0 Å². The van der Waals surface area contributed by atoms with Gasteiger partial charge < -0.3 is 4.74 Å². The number of hydrogen-bond donors (Lipinski definition) is 2. The van der Waals surface area contributed by atoms with Crippen LogP contribution >= 0.6 is 0 Å². The van der Waals surface area contributed by atoms with Crippen LogP contribution in [0.15, 0.2) is 18.2 Å². The standard InChI is InChI=1S/C13H21FN2O/c1-13(2,3)8-10(16-15)9-6-5-7-11(17-4)12(9)14/h5-7,10,16H,8,15H2,1-4H3. The van der Waals surface area contributed by atoms with Gasteiger partial charge in [0.05, 0.1) is 7.11 Å². The van der Waals surface area contributed by atoms with Crippen LogP contribution in [0.5, 0.6) is 5.75 Å². The quantitative estimate of drug-likeness (QED) is 0.628. The van der Waals surface area contributed by atoms with Crippen LogP contribution in [0.2, 0.25) is 0 Å². The third-order valence-electron chi connectivity index (χ3n) is 2.61. The van der Waals surface area contributed by atoms with E-state index in [9.17, 15) is 4.39 Å². The summed E-state index contributed by atoms with van der Waals surface area (Å²) in [6.45, 7) is 6.28. The van der Waals surface area contributed by atoms with E-state index in [1.54, 1.807) is 18.2 Å². The number of hydrazine groups is 1. The monoisotopic (exact) mass is 240 g/mol. The van der Waals surface area contributed by atoms with Crippen LogP contribution in [0.3, 0.4) is 0 Å². The fraction of sp³-hybridized carbons (Fsp3) is 0.538. The number of rotatable bonds is 4. The van der Waals surface area contributed by atoms with Crippen LogP contribution in [-0.4, -0.2) is 7.11 Å². The third kappa shape index (κ3) is 3.68. The van der Waals surface area contributed by atoms with Crippen molar-refractivity contribution in [3.63, 3.8) is 0 Å². The Hall–Kier alpha value is -1.13. The first kappa shape index (κ1) is 13.9. The molecule has 0 amide bonds. The lowest BCUT2D eigenvalue weighted by Gasteiger charge is -2.26. The summed E-state index contributed by atoms with van der Waals surface area (Å²) in [5.74, 6) is 5.42. The molecule has 0 saturated heterocycles. The molecule has 1 unspecified atom stereocenters. The van der Waals surface area contributed by atoms with E-state index in [0.717, 1.165) is 6.42 Å². The van der Waals surface area contributed by atoms with Crippen LogP contribution in [0.25, 0.3) is 0 Å². The van der Waals surface area contributed by atoms with E-state index < -0.39 is 0 Å². The fourth-order valence-corrected chi connectivity index (χ4v) is 1.83. The van der Waals surface area contributed by atoms with Gasteiger partial charge in [-0.05, 0) is 17.9 Å². The molecule has 1 atom stereocenters. The molecule has 0 heterocycles. The van der Waals surface area contributed by atoms with Gasteiger partial charge in [0.15, 0.2) is 11.6 Å². The highest BCUT2D eigenvalue weighted by molar-refractivity contribution is 5.33. The number of hydrogen-bond acceptors (Lipinski definition) is 3. The summed E-state index contributed by atoms with van der Waals surface area (Å²) in [6.07, 6.45) is 0.744. The van der Waals surface area contributed by atoms with Crippen molar-refractivity contribution in [3.05, 3.63) is 29.6 Å². The Balaban J connectivity index is 3.04. The Morgan fingerprint density at radius 2 is 2.06 bits per heavy atom. The van der Waals surface area contributed by atoms with Crippen molar-refractivity contribution in [1.29, 1.82) is 0 Å². The van der Waals surface area contributed by atoms with Gasteiger partial charge in [-0.1, -0.05) is 32.9 Å². The van der Waals surface area contributed by atoms with Gasteiger partial charge in [0, 0.05) is 11.6 Å². The largest absolute Gasteiger partial charge is 0.494 e. The minimum absolute atomic E-state index is 0.0621. The highest BCUT2D eigenvalue weighted by Gasteiger charge is 2.23. The summed E-state index contributed by atoms with van der Waals surface area (Å²) < 4.78 is 19.0. The summed E-state index contributed by atoms with van der Waals surface area (Å²) in [7, 11) is 1.46. The second kappa shape index (κ2) is 5.47. The minimum Gasteiger partial charge on any atom is -0.494 e. The summed E-state index contributed by atoms with van der Waals surface area (Å²) in [5.41, 5.74) is 3.28. The molecule has 1 aromatic carbocycles. The smallest absolute Gasteiger partial charge is 0.169 e. The van der Waals surface area contributed by atoms with Crippen LogP contribution < -0.4 is 16.0 Å². The lowest BCUT2D eigenvalue weighted by molar-refractivity contribution is 0.305. The van der Waals surface area contributed by atoms with Crippen LogP contribution in [-0.2, 0) is 0 Å². The second-order valence-electron chi connectivity index (χ2n) is 5.35. The SMILES string of the molecule is COc1cccc(C(CC(C)(C)C)NN)c1F. The highest BCUT2D eigenvalue weighted by Crippen LogP contribution is 2.32. The first-order valence-electron chi connectivity index (χ1n) is 5.67. The predicted octanol–water partition coefficient (Wildman–Crippen LogP) is 2.77. The Bertz CT molecular complexity index is 374. The van der Waals surface area contributed by atoms with Crippen molar-refractivity contribution < 1.29 is 9.13 Å². The maximum atomic E-state index is 14.1. The predicted molar refractivity (Wildman–Crippen MR) is 67.1 cm³/mol. The van der Waals surface area contributed by atoms with E-state index in [2.05, 4.69) is 26.2 Å². The molecule has 17 heavy (non-hydrogen) atoms. The zero-order valence-electron chi connectivity index (χ0n) is 10.9. The molecular formula is C13H21FN2O. The maximum absolute atomic E-state index is 14.1. The molecule has 0 aliphatic heterocycles. The summed E-state index contributed by atoms with van der Waals surface area (Å²) >= 11 is 0. The van der Waals surface area contributed by atoms with Crippen molar-refractivity contribution in [3.8, 4) is 5.75 Å². The van der Waals surface area contributed by atoms with Gasteiger partial charge in [-0.25, -0.2) is 4.39 Å². The molecule has 0 saturated carbocycles. The normalized spacial score (nSPS) is 13.5. The molecule has 0 aliphatic rings. The van der Waals surface area contributed by atoms with E-state index in [4.69, 9.17) is 10.6 Å². The molecule has 0 aliphatic carbocycles. The minimum atomic E-state index is -0.345. The van der Waals surface area contributed by atoms with Crippen molar-refractivity contribution >= 4 is 0 Å². The highest BCUT2D eigenvalue weighted by atomic mass is 19.1. The van der Waals surface area contributed by atoms with E-state index in [0.29, 0.717) is 5.56 Å². The number of benzene rings is 1. The Morgan fingerprint density at radius 1 is 1.41 bits per heavy atom. The molecule has 3 nitrogen and oxygen atoms in total. The third-order valence-corrected chi connectivity index (χ3v) is 2.61. The van der Waals surface area contributed by atoms with Crippen LogP contribution in [0.1, 0.15) is 38.8 Å². The summed E-state index contributed by atoms with van der Waals surface area (Å²) in [4.78, 5) is 0. The molecule has 1 aromatic rings. The first-order valence-corrected chi connectivity index (χ1v) is 5.67. The summed E-state index contributed by atoms with van der Waals surface area (Å²) in [6, 6.07) is 4.88. The number of nitrogens with one attached hydrogen (secondary N) is 1. The first-order chi connectivity index (χ1) is 7.89. The molecular weight excluding hydrogens is 219 g/mol. The van der Waals surface area contributed by atoms with Crippen molar-refractivity contribution in [1.82, 2.24) is 5.43 Å². The van der Waals surface area contributed by atoms with Crippen LogP contribution in [0, 0.1) is 11.2 Å². The average Bonchev–Trinajstić information content (AvgIpc) is 2.25. The van der Waals surface area contributed by atoms with Crippen molar-refractivity contribution in [2.45, 2.75) is 33.2 Å². The van der Waals surface area contributed by atoms with Gasteiger partial charge in [-0.3, -0.25) is 11.3 Å². The van der Waals surface area contributed by atoms with E-state index >= 15 is 0 Å². The van der Waals surface area contributed by atoms with Gasteiger partial charge in [0.1, 0.15) is 0 Å². The zero-order valence-corrected chi connectivity index (χ0v) is 10.9. The van der Waals surface area contributed by atoms with E-state index in [-0.39, 0.29) is 23.0 Å². The zero-order chi connectivity index (χ0) is 13.1. The molecule has 4 heteroatoms. The second-order valence-corrected chi connectivity index (χ2v) is 5.35. The van der Waals surface area contributed by atoms with Crippen LogP contribution in [0.4, 0.5) is 4.39 Å². The Morgan fingerprint density at radius 3 is 2.53 bits per heavy atom. The lowest BCUT2D eigenvalue weighted by Crippen LogP contribution is -2.31. The summed E-state index contributed by atoms with van der Waals surface area (Å²) in [5, 5.41) is 0. The van der Waals surface area contributed by atoms with E-state index in [1.165, 1.54) is 7.11 Å². The lowest BCUT2D eigenvalue weighted by atomic mass is 9.85. The van der Waals surface area contributed by atoms with Crippen molar-refractivity contribution in [2.75, 3.05) is 7.11 Å². The Labute approximate surface area is 102 Å². The van der Waals surface area contributed by atoms with E-state index in [1.807, 2.05) is 0 Å². The topological polar surface area (TPSA) is 47.3 Å². The van der Waals surface area contributed by atoms with Gasteiger partial charge in [-0.2, -0.15) is 0 Å².